The summed E-state index contributed by atoms with van der Waals surface area (Å²) in [5.74, 6) is 0.638. The molecule has 1 aromatic heterocycles. The standard InChI is InChI=1S/C18H34N8O3.C7H15NO/c1-18(2,3)26-8-6-25(7-9-26)16-21-15(24(4)13-14(20)27)22-17(23-16)29-12-11-28-10-5-19;1-7(2,3)6(9)4-5-8/h5-13,19H2,1-4H3,(H2,20,27);4-5,8H2,1-3H3. The van der Waals surface area contributed by atoms with Gasteiger partial charge in [-0.05, 0) is 27.3 Å². The number of nitrogens with zero attached hydrogens (tertiary/aromatic N) is 6. The van der Waals surface area contributed by atoms with Crippen molar-refractivity contribution in [1.82, 2.24) is 19.9 Å². The van der Waals surface area contributed by atoms with E-state index in [-0.39, 0.29) is 29.3 Å². The number of anilines is 2. The third-order valence-electron chi connectivity index (χ3n) is 5.77. The van der Waals surface area contributed by atoms with E-state index in [9.17, 15) is 9.59 Å². The molecule has 13 nitrogen and oxygen atoms in total. The molecule has 1 aliphatic heterocycles. The molecular formula is C25H49N9O4. The number of amides is 1. The summed E-state index contributed by atoms with van der Waals surface area (Å²) in [6.45, 7) is 17.8. The quantitative estimate of drug-likeness (QED) is 0.304. The van der Waals surface area contributed by atoms with E-state index in [1.54, 1.807) is 11.9 Å². The number of carbonyl (C=O) groups excluding carboxylic acids is 2. The van der Waals surface area contributed by atoms with Crippen molar-refractivity contribution >= 4 is 23.6 Å². The molecule has 6 N–H and O–H groups in total. The maximum atomic E-state index is 11.3. The highest BCUT2D eigenvalue weighted by Gasteiger charge is 2.27. The van der Waals surface area contributed by atoms with E-state index in [1.165, 1.54) is 0 Å². The van der Waals surface area contributed by atoms with Crippen molar-refractivity contribution in [3.8, 4) is 6.01 Å². The van der Waals surface area contributed by atoms with Gasteiger partial charge in [0, 0.05) is 57.1 Å². The predicted octanol–water partition coefficient (Wildman–Crippen LogP) is 0.0181. The third kappa shape index (κ3) is 12.3. The van der Waals surface area contributed by atoms with Gasteiger partial charge in [0.2, 0.25) is 17.8 Å². The van der Waals surface area contributed by atoms with Crippen LogP contribution in [0, 0.1) is 5.41 Å². The van der Waals surface area contributed by atoms with Crippen LogP contribution in [0.25, 0.3) is 0 Å². The van der Waals surface area contributed by atoms with Crippen LogP contribution in [0.2, 0.25) is 0 Å². The molecule has 0 atom stereocenters. The lowest BCUT2D eigenvalue weighted by Crippen LogP contribution is -2.53. The zero-order valence-corrected chi connectivity index (χ0v) is 24.3. The molecule has 1 amide bonds. The van der Waals surface area contributed by atoms with Gasteiger partial charge in [0.15, 0.2) is 0 Å². The van der Waals surface area contributed by atoms with Crippen molar-refractivity contribution in [2.24, 2.45) is 22.6 Å². The Balaban J connectivity index is 0.000000686. The molecule has 1 aromatic rings. The van der Waals surface area contributed by atoms with Crippen LogP contribution in [0.15, 0.2) is 0 Å². The average molecular weight is 540 g/mol. The zero-order valence-electron chi connectivity index (χ0n) is 24.3. The Labute approximate surface area is 227 Å². The summed E-state index contributed by atoms with van der Waals surface area (Å²) in [5, 5.41) is 0. The molecule has 0 spiro atoms. The normalized spacial score (nSPS) is 14.5. The molecule has 0 unspecified atom stereocenters. The number of Topliss-reactive ketones (excluding diaryl/α,β-unsaturated/α-hetero) is 1. The van der Waals surface area contributed by atoms with E-state index >= 15 is 0 Å². The van der Waals surface area contributed by atoms with Gasteiger partial charge in [-0.25, -0.2) is 0 Å². The monoisotopic (exact) mass is 539 g/mol. The van der Waals surface area contributed by atoms with Gasteiger partial charge in [-0.2, -0.15) is 15.0 Å². The lowest BCUT2D eigenvalue weighted by Gasteiger charge is -2.42. The van der Waals surface area contributed by atoms with Crippen LogP contribution in [-0.4, -0.2) is 110 Å². The molecule has 0 saturated carbocycles. The number of hydrogen-bond donors (Lipinski definition) is 3. The van der Waals surface area contributed by atoms with Crippen molar-refractivity contribution < 1.29 is 19.1 Å². The van der Waals surface area contributed by atoms with Crippen LogP contribution in [0.3, 0.4) is 0 Å². The number of piperazine rings is 1. The molecule has 1 saturated heterocycles. The number of primary amides is 1. The summed E-state index contributed by atoms with van der Waals surface area (Å²) in [7, 11) is 1.70. The number of likely N-dealkylation sites (N-methyl/N-ethyl adjacent to an activating group) is 1. The Morgan fingerprint density at radius 1 is 0.921 bits per heavy atom. The highest BCUT2D eigenvalue weighted by molar-refractivity contribution is 5.83. The van der Waals surface area contributed by atoms with E-state index < -0.39 is 5.91 Å². The van der Waals surface area contributed by atoms with Gasteiger partial charge in [0.25, 0.3) is 0 Å². The lowest BCUT2D eigenvalue weighted by atomic mass is 9.89. The minimum Gasteiger partial charge on any atom is -0.461 e. The van der Waals surface area contributed by atoms with E-state index in [1.807, 2.05) is 20.8 Å². The second-order valence-corrected chi connectivity index (χ2v) is 11.1. The van der Waals surface area contributed by atoms with Crippen LogP contribution in [0.1, 0.15) is 48.0 Å². The fourth-order valence-corrected chi connectivity index (χ4v) is 3.48. The molecule has 0 aliphatic carbocycles. The summed E-state index contributed by atoms with van der Waals surface area (Å²) in [5.41, 5.74) is 15.8. The van der Waals surface area contributed by atoms with E-state index in [0.717, 1.165) is 26.2 Å². The van der Waals surface area contributed by atoms with Gasteiger partial charge in [0.05, 0.1) is 19.8 Å². The molecule has 218 valence electrons. The lowest BCUT2D eigenvalue weighted by molar-refractivity contribution is -0.126. The Kier molecular flexibility index (Phi) is 13.8. The summed E-state index contributed by atoms with van der Waals surface area (Å²) < 4.78 is 11.0. The highest BCUT2D eigenvalue weighted by atomic mass is 16.5. The van der Waals surface area contributed by atoms with Crippen LogP contribution >= 0.6 is 0 Å². The van der Waals surface area contributed by atoms with Gasteiger partial charge < -0.3 is 36.5 Å². The molecule has 1 aliphatic rings. The van der Waals surface area contributed by atoms with Crippen molar-refractivity contribution in [3.05, 3.63) is 0 Å². The maximum absolute atomic E-state index is 11.3. The number of hydrogen-bond acceptors (Lipinski definition) is 12. The predicted molar refractivity (Wildman–Crippen MR) is 149 cm³/mol. The number of ether oxygens (including phenoxy) is 2. The van der Waals surface area contributed by atoms with Gasteiger partial charge in [-0.3, -0.25) is 14.5 Å². The second kappa shape index (κ2) is 15.7. The first-order valence-corrected chi connectivity index (χ1v) is 13.1. The van der Waals surface area contributed by atoms with E-state index in [4.69, 9.17) is 26.7 Å². The van der Waals surface area contributed by atoms with Crippen molar-refractivity contribution in [2.45, 2.75) is 53.5 Å². The van der Waals surface area contributed by atoms with Gasteiger partial charge in [0.1, 0.15) is 12.4 Å². The Hall–Kier alpha value is -2.61. The average Bonchev–Trinajstić information content (AvgIpc) is 2.83. The molecule has 2 rings (SSSR count). The van der Waals surface area contributed by atoms with Crippen LogP contribution in [0.4, 0.5) is 11.9 Å². The molecule has 0 aromatic carbocycles. The number of aromatic nitrogens is 3. The smallest absolute Gasteiger partial charge is 0.323 e. The minimum atomic E-state index is -0.467. The molecular weight excluding hydrogens is 490 g/mol. The number of carbonyl (C=O) groups is 2. The van der Waals surface area contributed by atoms with Gasteiger partial charge in [-0.15, -0.1) is 0 Å². The molecule has 38 heavy (non-hydrogen) atoms. The van der Waals surface area contributed by atoms with Gasteiger partial charge >= 0.3 is 6.01 Å². The zero-order chi connectivity index (χ0) is 28.9. The second-order valence-electron chi connectivity index (χ2n) is 11.1. The molecule has 1 fully saturated rings. The first-order chi connectivity index (χ1) is 17.7. The number of rotatable bonds is 12. The summed E-state index contributed by atoms with van der Waals surface area (Å²) in [4.78, 5) is 41.7. The largest absolute Gasteiger partial charge is 0.461 e. The Morgan fingerprint density at radius 3 is 2.03 bits per heavy atom. The molecule has 2 heterocycles. The third-order valence-corrected chi connectivity index (χ3v) is 5.77. The fourth-order valence-electron chi connectivity index (χ4n) is 3.48. The topological polar surface area (TPSA) is 179 Å². The molecule has 0 bridgehead atoms. The van der Waals surface area contributed by atoms with Crippen molar-refractivity contribution in [2.75, 3.05) is 82.5 Å². The Bertz CT molecular complexity index is 863. The molecule has 13 heteroatoms. The summed E-state index contributed by atoms with van der Waals surface area (Å²) >= 11 is 0. The molecule has 0 radical (unpaired) electrons. The van der Waals surface area contributed by atoms with E-state index in [2.05, 4.69) is 45.5 Å². The van der Waals surface area contributed by atoms with Crippen LogP contribution in [-0.2, 0) is 14.3 Å². The summed E-state index contributed by atoms with van der Waals surface area (Å²) in [6.07, 6.45) is 0.503. The fraction of sp³-hybridized carbons (Fsp3) is 0.800. The number of nitrogens with two attached hydrogens (primary N) is 3. The highest BCUT2D eigenvalue weighted by Crippen LogP contribution is 2.21. The number of ketones is 1. The maximum Gasteiger partial charge on any atom is 0.323 e. The first kappa shape index (κ1) is 33.4. The van der Waals surface area contributed by atoms with Crippen LogP contribution < -0.4 is 31.7 Å². The Morgan fingerprint density at radius 2 is 1.55 bits per heavy atom. The van der Waals surface area contributed by atoms with Crippen LogP contribution in [0.5, 0.6) is 6.01 Å². The van der Waals surface area contributed by atoms with Crippen molar-refractivity contribution in [1.29, 1.82) is 0 Å². The minimum absolute atomic E-state index is 0.000304. The van der Waals surface area contributed by atoms with E-state index in [0.29, 0.717) is 51.2 Å². The van der Waals surface area contributed by atoms with Gasteiger partial charge in [-0.1, -0.05) is 20.8 Å². The van der Waals surface area contributed by atoms with Crippen molar-refractivity contribution in [3.63, 3.8) is 0 Å². The summed E-state index contributed by atoms with van der Waals surface area (Å²) in [6, 6.07) is 0.191. The first-order valence-electron chi connectivity index (χ1n) is 13.1. The SMILES string of the molecule is CC(C)(C)C(=O)CCN.CN(CC(N)=O)c1nc(OCCOCCN)nc(N2CCN(C(C)(C)C)CC2)n1.